The first-order valence-corrected chi connectivity index (χ1v) is 9.14. The Labute approximate surface area is 168 Å². The first kappa shape index (κ1) is 20.2. The van der Waals surface area contributed by atoms with E-state index in [0.29, 0.717) is 35.0 Å². The number of fused-ring (bicyclic) bond motifs is 1. The topological polar surface area (TPSA) is 97.0 Å². The van der Waals surface area contributed by atoms with Crippen LogP contribution in [-0.4, -0.2) is 43.5 Å². The van der Waals surface area contributed by atoms with Crippen LogP contribution in [0.2, 0.25) is 0 Å². The molecule has 2 N–H and O–H groups in total. The minimum atomic E-state index is -0.510. The van der Waals surface area contributed by atoms with Crippen molar-refractivity contribution in [3.63, 3.8) is 0 Å². The Morgan fingerprint density at radius 3 is 2.34 bits per heavy atom. The van der Waals surface area contributed by atoms with Crippen molar-refractivity contribution in [2.24, 2.45) is 5.92 Å². The standard InChI is InChI=1S/C21H23N3O5/c1-12(2)11-24-19(25)15-7-5-13(9-16(15)20(24)26)22-21(27)23-17-8-6-14(28-3)10-18(17)29-4/h5-10,12H,11H2,1-4H3,(H2,22,23,27). The number of nitrogens with one attached hydrogen (secondary N) is 2. The van der Waals surface area contributed by atoms with Gasteiger partial charge in [0, 0.05) is 18.3 Å². The summed E-state index contributed by atoms with van der Waals surface area (Å²) in [6.07, 6.45) is 0. The van der Waals surface area contributed by atoms with Crippen molar-refractivity contribution in [3.8, 4) is 11.5 Å². The van der Waals surface area contributed by atoms with Crippen molar-refractivity contribution in [2.75, 3.05) is 31.4 Å². The Balaban J connectivity index is 1.74. The fraction of sp³-hybridized carbons (Fsp3) is 0.286. The Morgan fingerprint density at radius 1 is 0.966 bits per heavy atom. The first-order valence-electron chi connectivity index (χ1n) is 9.14. The van der Waals surface area contributed by atoms with E-state index in [-0.39, 0.29) is 23.3 Å². The summed E-state index contributed by atoms with van der Waals surface area (Å²) < 4.78 is 10.4. The molecule has 0 fully saturated rings. The van der Waals surface area contributed by atoms with Crippen molar-refractivity contribution in [3.05, 3.63) is 47.5 Å². The second kappa shape index (κ2) is 8.22. The van der Waals surface area contributed by atoms with Crippen molar-refractivity contribution >= 4 is 29.2 Å². The number of amides is 4. The number of rotatable bonds is 6. The molecule has 2 aromatic carbocycles. The van der Waals surface area contributed by atoms with Gasteiger partial charge < -0.3 is 20.1 Å². The van der Waals surface area contributed by atoms with E-state index in [1.165, 1.54) is 25.2 Å². The minimum Gasteiger partial charge on any atom is -0.497 e. The average molecular weight is 397 g/mol. The monoisotopic (exact) mass is 397 g/mol. The van der Waals surface area contributed by atoms with Gasteiger partial charge in [0.25, 0.3) is 11.8 Å². The molecule has 0 unspecified atom stereocenters. The van der Waals surface area contributed by atoms with Gasteiger partial charge in [-0.3, -0.25) is 14.5 Å². The van der Waals surface area contributed by atoms with Crippen LogP contribution in [-0.2, 0) is 0 Å². The van der Waals surface area contributed by atoms with Crippen molar-refractivity contribution in [1.82, 2.24) is 4.90 Å². The Bertz CT molecular complexity index is 971. The molecule has 0 aromatic heterocycles. The molecule has 8 nitrogen and oxygen atoms in total. The van der Waals surface area contributed by atoms with Gasteiger partial charge in [-0.15, -0.1) is 0 Å². The van der Waals surface area contributed by atoms with Gasteiger partial charge in [0.15, 0.2) is 0 Å². The fourth-order valence-electron chi connectivity index (χ4n) is 3.09. The molecule has 3 rings (SSSR count). The number of methoxy groups -OCH3 is 2. The lowest BCUT2D eigenvalue weighted by atomic mass is 10.1. The predicted molar refractivity (Wildman–Crippen MR) is 109 cm³/mol. The number of carbonyl (C=O) groups is 3. The highest BCUT2D eigenvalue weighted by Gasteiger charge is 2.35. The van der Waals surface area contributed by atoms with Crippen LogP contribution in [0.1, 0.15) is 34.6 Å². The van der Waals surface area contributed by atoms with Gasteiger partial charge in [-0.05, 0) is 36.2 Å². The third-order valence-electron chi connectivity index (χ3n) is 4.43. The summed E-state index contributed by atoms with van der Waals surface area (Å²) in [6.45, 7) is 4.23. The number of nitrogens with zero attached hydrogens (tertiary/aromatic N) is 1. The minimum absolute atomic E-state index is 0.167. The van der Waals surface area contributed by atoms with Crippen LogP contribution in [0.5, 0.6) is 11.5 Å². The molecule has 0 radical (unpaired) electrons. The Morgan fingerprint density at radius 2 is 1.69 bits per heavy atom. The maximum absolute atomic E-state index is 12.6. The van der Waals surface area contributed by atoms with Crippen LogP contribution in [0.15, 0.2) is 36.4 Å². The SMILES string of the molecule is COc1ccc(NC(=O)Nc2ccc3c(c2)C(=O)N(CC(C)C)C3=O)c(OC)c1. The number of ether oxygens (including phenoxy) is 2. The van der Waals surface area contributed by atoms with Gasteiger partial charge in [-0.2, -0.15) is 0 Å². The second-order valence-electron chi connectivity index (χ2n) is 7.02. The van der Waals surface area contributed by atoms with Crippen LogP contribution in [0.25, 0.3) is 0 Å². The van der Waals surface area contributed by atoms with E-state index >= 15 is 0 Å². The molecule has 0 bridgehead atoms. The maximum atomic E-state index is 12.6. The summed E-state index contributed by atoms with van der Waals surface area (Å²) >= 11 is 0. The summed E-state index contributed by atoms with van der Waals surface area (Å²) in [5.74, 6) is 0.552. The highest BCUT2D eigenvalue weighted by Crippen LogP contribution is 2.30. The summed E-state index contributed by atoms with van der Waals surface area (Å²) in [5.41, 5.74) is 1.50. The average Bonchev–Trinajstić information content (AvgIpc) is 2.92. The lowest BCUT2D eigenvalue weighted by Gasteiger charge is -2.15. The van der Waals surface area contributed by atoms with Gasteiger partial charge in [-0.25, -0.2) is 4.79 Å². The molecule has 4 amide bonds. The lowest BCUT2D eigenvalue weighted by molar-refractivity contribution is 0.0636. The van der Waals surface area contributed by atoms with Gasteiger partial charge in [0.2, 0.25) is 0 Å². The van der Waals surface area contributed by atoms with Crippen molar-refractivity contribution < 1.29 is 23.9 Å². The second-order valence-corrected chi connectivity index (χ2v) is 7.02. The number of carbonyl (C=O) groups excluding carboxylic acids is 3. The zero-order valence-corrected chi connectivity index (χ0v) is 16.7. The molecule has 8 heteroatoms. The van der Waals surface area contributed by atoms with E-state index in [4.69, 9.17) is 9.47 Å². The van der Waals surface area contributed by atoms with E-state index in [9.17, 15) is 14.4 Å². The summed E-state index contributed by atoms with van der Waals surface area (Å²) in [5, 5.41) is 5.36. The number of anilines is 2. The quantitative estimate of drug-likeness (QED) is 0.726. The van der Waals surface area contributed by atoms with Crippen molar-refractivity contribution in [1.29, 1.82) is 0 Å². The van der Waals surface area contributed by atoms with E-state index in [2.05, 4.69) is 10.6 Å². The molecule has 0 atom stereocenters. The van der Waals surface area contributed by atoms with Crippen LogP contribution in [0, 0.1) is 5.92 Å². The molecule has 0 aliphatic carbocycles. The molecule has 1 aliphatic heterocycles. The first-order chi connectivity index (χ1) is 13.8. The predicted octanol–water partition coefficient (Wildman–Crippen LogP) is 3.60. The molecular weight excluding hydrogens is 374 g/mol. The van der Waals surface area contributed by atoms with E-state index < -0.39 is 6.03 Å². The largest absolute Gasteiger partial charge is 0.497 e. The molecule has 0 saturated carbocycles. The fourth-order valence-corrected chi connectivity index (χ4v) is 3.09. The summed E-state index contributed by atoms with van der Waals surface area (Å²) in [6, 6.07) is 9.16. The number of benzene rings is 2. The van der Waals surface area contributed by atoms with Gasteiger partial charge in [0.05, 0.1) is 31.0 Å². The smallest absolute Gasteiger partial charge is 0.323 e. The number of hydrogen-bond acceptors (Lipinski definition) is 5. The Kier molecular flexibility index (Phi) is 5.72. The highest BCUT2D eigenvalue weighted by molar-refractivity contribution is 6.22. The molecular formula is C21H23N3O5. The maximum Gasteiger partial charge on any atom is 0.323 e. The summed E-state index contributed by atoms with van der Waals surface area (Å²) in [7, 11) is 3.03. The molecule has 0 saturated heterocycles. The molecule has 1 heterocycles. The number of imide groups is 1. The summed E-state index contributed by atoms with van der Waals surface area (Å²) in [4.78, 5) is 38.6. The number of urea groups is 1. The van der Waals surface area contributed by atoms with Gasteiger partial charge in [0.1, 0.15) is 11.5 Å². The van der Waals surface area contributed by atoms with Gasteiger partial charge >= 0.3 is 6.03 Å². The lowest BCUT2D eigenvalue weighted by Crippen LogP contribution is -2.33. The number of hydrogen-bond donors (Lipinski definition) is 2. The van der Waals surface area contributed by atoms with E-state index in [1.807, 2.05) is 13.8 Å². The van der Waals surface area contributed by atoms with Crippen LogP contribution in [0.3, 0.4) is 0 Å². The van der Waals surface area contributed by atoms with Gasteiger partial charge in [-0.1, -0.05) is 13.8 Å². The molecule has 152 valence electrons. The van der Waals surface area contributed by atoms with E-state index in [1.54, 1.807) is 30.3 Å². The normalized spacial score (nSPS) is 12.8. The molecule has 29 heavy (non-hydrogen) atoms. The molecule has 1 aliphatic rings. The molecule has 0 spiro atoms. The van der Waals surface area contributed by atoms with Crippen molar-refractivity contribution in [2.45, 2.75) is 13.8 Å². The molecule has 2 aromatic rings. The Hall–Kier alpha value is -3.55. The van der Waals surface area contributed by atoms with E-state index in [0.717, 1.165) is 0 Å². The van der Waals surface area contributed by atoms with Crippen LogP contribution < -0.4 is 20.1 Å². The zero-order valence-electron chi connectivity index (χ0n) is 16.7. The zero-order chi connectivity index (χ0) is 21.1. The third kappa shape index (κ3) is 4.16. The van der Waals surface area contributed by atoms with Crippen LogP contribution >= 0.6 is 0 Å². The van der Waals surface area contributed by atoms with Crippen LogP contribution in [0.4, 0.5) is 16.2 Å². The highest BCUT2D eigenvalue weighted by atomic mass is 16.5. The third-order valence-corrected chi connectivity index (χ3v) is 4.43.